The standard InChI is InChI=1S/C32H37ClF2N4/c1-4-8-23-16-25(39-14-11-24(20-39)38-12-6-5-7-13-38)19-36-31(23)10-9-21(2)26-15-22(3)37-32(26)27-17-28(33)30(35)18-29(27)34/h9-10,15-19,22,24H,2,4-8,11-14,20H2,1,3H3/b10-9-/t22?,24-/m1/s1. The maximum atomic E-state index is 14.7. The van der Waals surface area contributed by atoms with Crippen molar-refractivity contribution in [2.24, 2.45) is 4.99 Å². The molecule has 0 spiro atoms. The lowest BCUT2D eigenvalue weighted by Crippen LogP contribution is -2.40. The van der Waals surface area contributed by atoms with Gasteiger partial charge in [0.1, 0.15) is 11.6 Å². The zero-order valence-corrected chi connectivity index (χ0v) is 23.7. The number of piperidine rings is 1. The van der Waals surface area contributed by atoms with Gasteiger partial charge in [0.05, 0.1) is 34.4 Å². The zero-order valence-electron chi connectivity index (χ0n) is 22.9. The molecular weight excluding hydrogens is 514 g/mol. The Balaban J connectivity index is 1.33. The Morgan fingerprint density at radius 2 is 1.92 bits per heavy atom. The van der Waals surface area contributed by atoms with Gasteiger partial charge in [-0.1, -0.05) is 50.1 Å². The average molecular weight is 551 g/mol. The van der Waals surface area contributed by atoms with Crippen LogP contribution in [0.5, 0.6) is 0 Å². The number of aromatic nitrogens is 1. The van der Waals surface area contributed by atoms with Crippen molar-refractivity contribution in [1.29, 1.82) is 0 Å². The summed E-state index contributed by atoms with van der Waals surface area (Å²) in [4.78, 5) is 14.6. The molecule has 2 fully saturated rings. The quantitative estimate of drug-likeness (QED) is 0.253. The Kier molecular flexibility index (Phi) is 8.63. The molecule has 0 radical (unpaired) electrons. The molecule has 0 saturated carbocycles. The van der Waals surface area contributed by atoms with Crippen LogP contribution < -0.4 is 4.90 Å². The molecule has 3 aliphatic heterocycles. The third-order valence-electron chi connectivity index (χ3n) is 7.99. The molecule has 1 aromatic carbocycles. The van der Waals surface area contributed by atoms with Crippen LogP contribution in [0, 0.1) is 11.6 Å². The Morgan fingerprint density at radius 1 is 1.13 bits per heavy atom. The molecule has 3 aliphatic rings. The van der Waals surface area contributed by atoms with E-state index >= 15 is 0 Å². The fraction of sp³-hybridized carbons (Fsp3) is 0.438. The number of aliphatic imine (C=N–C) groups is 1. The van der Waals surface area contributed by atoms with E-state index in [4.69, 9.17) is 16.6 Å². The average Bonchev–Trinajstić information content (AvgIpc) is 3.58. The molecular formula is C32H37ClF2N4. The number of pyridine rings is 1. The van der Waals surface area contributed by atoms with Crippen LogP contribution in [-0.4, -0.2) is 53.9 Å². The monoisotopic (exact) mass is 550 g/mol. The second kappa shape index (κ2) is 12.1. The molecule has 0 N–H and O–H groups in total. The van der Waals surface area contributed by atoms with Gasteiger partial charge >= 0.3 is 0 Å². The van der Waals surface area contributed by atoms with E-state index in [1.807, 2.05) is 31.3 Å². The van der Waals surface area contributed by atoms with Crippen LogP contribution in [0.1, 0.15) is 62.8 Å². The Morgan fingerprint density at radius 3 is 2.69 bits per heavy atom. The molecule has 0 aliphatic carbocycles. The number of hydrogen-bond donors (Lipinski definition) is 0. The topological polar surface area (TPSA) is 31.7 Å². The number of rotatable bonds is 8. The van der Waals surface area contributed by atoms with Gasteiger partial charge in [0, 0.05) is 36.3 Å². The van der Waals surface area contributed by atoms with Crippen LogP contribution in [0.3, 0.4) is 0 Å². The largest absolute Gasteiger partial charge is 0.369 e. The molecule has 4 heterocycles. The molecule has 0 bridgehead atoms. The molecule has 0 amide bonds. The summed E-state index contributed by atoms with van der Waals surface area (Å²) in [6.07, 6.45) is 15.0. The maximum absolute atomic E-state index is 14.7. The van der Waals surface area contributed by atoms with Crippen molar-refractivity contribution in [3.05, 3.63) is 87.8 Å². The molecule has 1 aromatic heterocycles. The summed E-state index contributed by atoms with van der Waals surface area (Å²) in [6.45, 7) is 12.9. The fourth-order valence-corrected chi connectivity index (χ4v) is 6.10. The van der Waals surface area contributed by atoms with Gasteiger partial charge in [-0.05, 0) is 75.0 Å². The van der Waals surface area contributed by atoms with Crippen molar-refractivity contribution >= 4 is 29.1 Å². The van der Waals surface area contributed by atoms with Gasteiger partial charge in [0.25, 0.3) is 0 Å². The summed E-state index contributed by atoms with van der Waals surface area (Å²) in [7, 11) is 0. The first kappa shape index (κ1) is 27.7. The summed E-state index contributed by atoms with van der Waals surface area (Å²) in [5.74, 6) is -1.48. The number of hydrogen-bond acceptors (Lipinski definition) is 4. The zero-order chi connectivity index (χ0) is 27.5. The van der Waals surface area contributed by atoms with Crippen LogP contribution in [0.2, 0.25) is 5.02 Å². The number of likely N-dealkylation sites (tertiary alicyclic amines) is 1. The van der Waals surface area contributed by atoms with Crippen molar-refractivity contribution in [3.8, 4) is 0 Å². The second-order valence-corrected chi connectivity index (χ2v) is 11.3. The minimum atomic E-state index is -0.789. The number of aryl methyl sites for hydroxylation is 1. The summed E-state index contributed by atoms with van der Waals surface area (Å²) >= 11 is 5.96. The number of benzene rings is 1. The molecule has 39 heavy (non-hydrogen) atoms. The predicted molar refractivity (Wildman–Crippen MR) is 158 cm³/mol. The highest BCUT2D eigenvalue weighted by Gasteiger charge is 2.29. The number of nitrogens with zero attached hydrogens (tertiary/aromatic N) is 4. The van der Waals surface area contributed by atoms with Gasteiger partial charge in [-0.15, -0.1) is 0 Å². The van der Waals surface area contributed by atoms with Crippen LogP contribution in [0.4, 0.5) is 14.5 Å². The van der Waals surface area contributed by atoms with Crippen LogP contribution in [-0.2, 0) is 6.42 Å². The lowest BCUT2D eigenvalue weighted by atomic mass is 9.96. The van der Waals surface area contributed by atoms with Crippen LogP contribution >= 0.6 is 11.6 Å². The van der Waals surface area contributed by atoms with Crippen molar-refractivity contribution in [3.63, 3.8) is 0 Å². The molecule has 4 nitrogen and oxygen atoms in total. The third-order valence-corrected chi connectivity index (χ3v) is 8.28. The fourth-order valence-electron chi connectivity index (χ4n) is 5.94. The first-order valence-corrected chi connectivity index (χ1v) is 14.5. The number of allylic oxidation sites excluding steroid dienone is 3. The van der Waals surface area contributed by atoms with E-state index in [-0.39, 0.29) is 16.6 Å². The first-order valence-electron chi connectivity index (χ1n) is 14.1. The number of halogens is 3. The van der Waals surface area contributed by atoms with Crippen LogP contribution in [0.25, 0.3) is 6.08 Å². The van der Waals surface area contributed by atoms with Gasteiger partial charge in [-0.25, -0.2) is 8.78 Å². The lowest BCUT2D eigenvalue weighted by molar-refractivity contribution is 0.175. The van der Waals surface area contributed by atoms with E-state index in [0.717, 1.165) is 43.3 Å². The Hall–Kier alpha value is -2.83. The molecule has 206 valence electrons. The summed E-state index contributed by atoms with van der Waals surface area (Å²) in [5.41, 5.74) is 5.33. The molecule has 5 rings (SSSR count). The van der Waals surface area contributed by atoms with Crippen molar-refractivity contribution in [2.45, 2.75) is 64.5 Å². The van der Waals surface area contributed by atoms with Gasteiger partial charge in [-0.3, -0.25) is 14.9 Å². The van der Waals surface area contributed by atoms with E-state index in [0.29, 0.717) is 17.3 Å². The Labute approximate surface area is 235 Å². The van der Waals surface area contributed by atoms with E-state index < -0.39 is 11.6 Å². The van der Waals surface area contributed by atoms with E-state index in [1.54, 1.807) is 0 Å². The molecule has 2 aromatic rings. The summed E-state index contributed by atoms with van der Waals surface area (Å²) in [6, 6.07) is 4.88. The smallest absolute Gasteiger partial charge is 0.144 e. The highest BCUT2D eigenvalue weighted by Crippen LogP contribution is 2.30. The third kappa shape index (κ3) is 6.17. The normalized spacial score (nSPS) is 22.0. The van der Waals surface area contributed by atoms with E-state index in [9.17, 15) is 8.78 Å². The number of anilines is 1. The van der Waals surface area contributed by atoms with Gasteiger partial charge < -0.3 is 4.90 Å². The van der Waals surface area contributed by atoms with Gasteiger partial charge in [0.2, 0.25) is 0 Å². The first-order chi connectivity index (χ1) is 18.8. The minimum Gasteiger partial charge on any atom is -0.369 e. The second-order valence-electron chi connectivity index (χ2n) is 10.9. The van der Waals surface area contributed by atoms with Crippen LogP contribution in [0.15, 0.2) is 59.3 Å². The summed E-state index contributed by atoms with van der Waals surface area (Å²) < 4.78 is 28.4. The predicted octanol–water partition coefficient (Wildman–Crippen LogP) is 7.42. The molecule has 2 atom stereocenters. The highest BCUT2D eigenvalue weighted by atomic mass is 35.5. The lowest BCUT2D eigenvalue weighted by Gasteiger charge is -2.32. The van der Waals surface area contributed by atoms with Crippen molar-refractivity contribution in [2.75, 3.05) is 31.1 Å². The molecule has 7 heteroatoms. The summed E-state index contributed by atoms with van der Waals surface area (Å²) in [5, 5.41) is -0.136. The highest BCUT2D eigenvalue weighted by molar-refractivity contribution is 6.31. The van der Waals surface area contributed by atoms with Gasteiger partial charge in [-0.2, -0.15) is 0 Å². The van der Waals surface area contributed by atoms with Gasteiger partial charge in [0.15, 0.2) is 0 Å². The molecule has 1 unspecified atom stereocenters. The van der Waals surface area contributed by atoms with E-state index in [1.165, 1.54) is 56.1 Å². The molecule has 2 saturated heterocycles. The maximum Gasteiger partial charge on any atom is 0.144 e. The van der Waals surface area contributed by atoms with Crippen molar-refractivity contribution < 1.29 is 8.78 Å². The Bertz CT molecular complexity index is 1330. The van der Waals surface area contributed by atoms with Crippen molar-refractivity contribution in [1.82, 2.24) is 9.88 Å². The SMILES string of the molecule is C=C(/C=C\c1ncc(N2CC[C@@H](N3CCCCC3)C2)cc1CCC)C1=CC(C)N=C1c1cc(Cl)c(F)cc1F. The minimum absolute atomic E-state index is 0.136. The van der Waals surface area contributed by atoms with E-state index in [2.05, 4.69) is 34.4 Å².